The number of hydrogen-bond donors (Lipinski definition) is 1. The van der Waals surface area contributed by atoms with E-state index in [1.807, 2.05) is 6.92 Å². The molecule has 1 fully saturated rings. The normalized spacial score (nSPS) is 27.2. The number of ether oxygens (including phenoxy) is 1. The number of nitrogens with zero attached hydrogens (tertiary/aromatic N) is 1. The molecule has 6 heteroatoms. The fourth-order valence-corrected chi connectivity index (χ4v) is 2.49. The molecule has 5 nitrogen and oxygen atoms in total. The number of rotatable bonds is 3. The fraction of sp³-hybridized carbons (Fsp3) is 0.500. The number of nitro benzene ring substituents is 1. The van der Waals surface area contributed by atoms with Gasteiger partial charge in [-0.05, 0) is 42.3 Å². The maximum Gasteiger partial charge on any atom is 0.270 e. The molecule has 2 atom stereocenters. The van der Waals surface area contributed by atoms with Crippen LogP contribution in [0, 0.1) is 10.1 Å². The average Bonchev–Trinajstić information content (AvgIpc) is 2.62. The minimum Gasteiger partial charge on any atom is -0.376 e. The Morgan fingerprint density at radius 3 is 2.83 bits per heavy atom. The predicted octanol–water partition coefficient (Wildman–Crippen LogP) is 3.34. The van der Waals surface area contributed by atoms with Crippen molar-refractivity contribution in [1.29, 1.82) is 0 Å². The minimum atomic E-state index is -0.405. The van der Waals surface area contributed by atoms with Crippen LogP contribution in [-0.2, 0) is 4.74 Å². The van der Waals surface area contributed by atoms with Crippen molar-refractivity contribution in [2.45, 2.75) is 31.9 Å². The molecule has 0 radical (unpaired) electrons. The molecule has 2 rings (SSSR count). The third kappa shape index (κ3) is 2.49. The maximum absolute atomic E-state index is 10.7. The Bertz CT molecular complexity index is 480. The molecule has 1 saturated heterocycles. The van der Waals surface area contributed by atoms with Crippen molar-refractivity contribution in [3.05, 3.63) is 32.8 Å². The summed E-state index contributed by atoms with van der Waals surface area (Å²) in [6.07, 6.45) is 1.03. The summed E-state index contributed by atoms with van der Waals surface area (Å²) < 4.78 is 6.25. The number of hydrogen-bond acceptors (Lipinski definition) is 4. The van der Waals surface area contributed by atoms with Gasteiger partial charge in [0.25, 0.3) is 5.69 Å². The largest absolute Gasteiger partial charge is 0.376 e. The molecular weight excluding hydrogens is 300 g/mol. The monoisotopic (exact) mass is 314 g/mol. The first kappa shape index (κ1) is 13.3. The van der Waals surface area contributed by atoms with Crippen molar-refractivity contribution in [2.24, 2.45) is 0 Å². The van der Waals surface area contributed by atoms with E-state index in [9.17, 15) is 10.1 Å². The van der Waals surface area contributed by atoms with Crippen molar-refractivity contribution in [3.63, 3.8) is 0 Å². The molecule has 1 aliphatic heterocycles. The summed E-state index contributed by atoms with van der Waals surface area (Å²) in [7, 11) is 0. The molecule has 0 aliphatic carbocycles. The van der Waals surface area contributed by atoms with Crippen LogP contribution in [0.1, 0.15) is 20.3 Å². The van der Waals surface area contributed by atoms with Gasteiger partial charge in [0.15, 0.2) is 0 Å². The second-order valence-electron chi connectivity index (χ2n) is 4.73. The summed E-state index contributed by atoms with van der Waals surface area (Å²) in [6.45, 7) is 4.85. The molecule has 18 heavy (non-hydrogen) atoms. The second kappa shape index (κ2) is 4.85. The maximum atomic E-state index is 10.7. The molecule has 1 aromatic rings. The number of nitrogens with one attached hydrogen (secondary N) is 1. The topological polar surface area (TPSA) is 64.4 Å². The average molecular weight is 315 g/mol. The molecule has 2 unspecified atom stereocenters. The Kier molecular flexibility index (Phi) is 3.59. The molecule has 1 aliphatic rings. The van der Waals surface area contributed by atoms with Crippen LogP contribution in [0.5, 0.6) is 0 Å². The quantitative estimate of drug-likeness (QED) is 0.686. The highest BCUT2D eigenvalue weighted by atomic mass is 79.9. The Balaban J connectivity index is 2.22. The lowest BCUT2D eigenvalue weighted by Crippen LogP contribution is -2.41. The van der Waals surface area contributed by atoms with Crippen molar-refractivity contribution in [3.8, 4) is 0 Å². The lowest BCUT2D eigenvalue weighted by molar-refractivity contribution is -0.384. The molecular formula is C12H15BrN2O3. The molecule has 0 saturated carbocycles. The van der Waals surface area contributed by atoms with Gasteiger partial charge in [-0.2, -0.15) is 0 Å². The van der Waals surface area contributed by atoms with Gasteiger partial charge in [-0.25, -0.2) is 0 Å². The first-order valence-corrected chi connectivity index (χ1v) is 6.55. The Labute approximate surface area is 114 Å². The van der Waals surface area contributed by atoms with Crippen LogP contribution in [0.15, 0.2) is 22.7 Å². The highest BCUT2D eigenvalue weighted by Crippen LogP contribution is 2.34. The molecule has 1 N–H and O–H groups in total. The highest BCUT2D eigenvalue weighted by molar-refractivity contribution is 9.10. The van der Waals surface area contributed by atoms with E-state index in [4.69, 9.17) is 4.74 Å². The zero-order chi connectivity index (χ0) is 13.3. The van der Waals surface area contributed by atoms with Gasteiger partial charge in [0.05, 0.1) is 16.6 Å². The molecule has 1 aromatic carbocycles. The van der Waals surface area contributed by atoms with Gasteiger partial charge in [0.2, 0.25) is 0 Å². The lowest BCUT2D eigenvalue weighted by atomic mass is 9.94. The van der Waals surface area contributed by atoms with E-state index in [-0.39, 0.29) is 17.3 Å². The van der Waals surface area contributed by atoms with Crippen LogP contribution in [0.2, 0.25) is 0 Å². The number of non-ortho nitro benzene ring substituents is 1. The standard InChI is InChI=1S/C12H15BrN2O3/c1-8-12(2,5-6-18-8)14-11-4-3-9(15(16)17)7-10(11)13/h3-4,7-8,14H,5-6H2,1-2H3. The molecule has 0 spiro atoms. The third-order valence-electron chi connectivity index (χ3n) is 3.47. The van der Waals surface area contributed by atoms with Crippen molar-refractivity contribution >= 4 is 27.3 Å². The lowest BCUT2D eigenvalue weighted by Gasteiger charge is -2.30. The van der Waals surface area contributed by atoms with Crippen LogP contribution in [0.25, 0.3) is 0 Å². The number of nitro groups is 1. The first-order chi connectivity index (χ1) is 8.42. The van der Waals surface area contributed by atoms with E-state index in [2.05, 4.69) is 28.2 Å². The number of benzene rings is 1. The van der Waals surface area contributed by atoms with Gasteiger partial charge in [0, 0.05) is 28.9 Å². The zero-order valence-corrected chi connectivity index (χ0v) is 11.9. The van der Waals surface area contributed by atoms with Gasteiger partial charge >= 0.3 is 0 Å². The summed E-state index contributed by atoms with van der Waals surface area (Å²) in [4.78, 5) is 10.3. The third-order valence-corrected chi connectivity index (χ3v) is 4.13. The second-order valence-corrected chi connectivity index (χ2v) is 5.58. The Morgan fingerprint density at radius 1 is 1.61 bits per heavy atom. The smallest absolute Gasteiger partial charge is 0.270 e. The van der Waals surface area contributed by atoms with Gasteiger partial charge in [0.1, 0.15) is 0 Å². The molecule has 0 aromatic heterocycles. The van der Waals surface area contributed by atoms with E-state index >= 15 is 0 Å². The van der Waals surface area contributed by atoms with E-state index in [0.717, 1.165) is 18.7 Å². The van der Waals surface area contributed by atoms with Crippen molar-refractivity contribution in [1.82, 2.24) is 0 Å². The van der Waals surface area contributed by atoms with Crippen LogP contribution in [-0.4, -0.2) is 23.2 Å². The van der Waals surface area contributed by atoms with Gasteiger partial charge in [-0.3, -0.25) is 10.1 Å². The van der Waals surface area contributed by atoms with E-state index in [1.54, 1.807) is 6.07 Å². The Hall–Kier alpha value is -1.14. The summed E-state index contributed by atoms with van der Waals surface area (Å²) in [6, 6.07) is 4.72. The molecule has 0 amide bonds. The van der Waals surface area contributed by atoms with E-state index in [1.165, 1.54) is 12.1 Å². The summed E-state index contributed by atoms with van der Waals surface area (Å²) in [5.74, 6) is 0. The fourth-order valence-electron chi connectivity index (χ4n) is 2.03. The van der Waals surface area contributed by atoms with Gasteiger partial charge in [-0.15, -0.1) is 0 Å². The summed E-state index contributed by atoms with van der Waals surface area (Å²) >= 11 is 3.36. The van der Waals surface area contributed by atoms with Crippen LogP contribution in [0.4, 0.5) is 11.4 Å². The molecule has 0 bridgehead atoms. The van der Waals surface area contributed by atoms with E-state index in [0.29, 0.717) is 4.47 Å². The molecule has 98 valence electrons. The minimum absolute atomic E-state index is 0.0771. The van der Waals surface area contributed by atoms with Crippen molar-refractivity contribution in [2.75, 3.05) is 11.9 Å². The number of anilines is 1. The van der Waals surface area contributed by atoms with Crippen LogP contribution < -0.4 is 5.32 Å². The highest BCUT2D eigenvalue weighted by Gasteiger charge is 2.37. The number of halogens is 1. The van der Waals surface area contributed by atoms with Crippen molar-refractivity contribution < 1.29 is 9.66 Å². The first-order valence-electron chi connectivity index (χ1n) is 5.76. The molecule has 1 heterocycles. The summed E-state index contributed by atoms with van der Waals surface area (Å²) in [5.41, 5.74) is 0.785. The van der Waals surface area contributed by atoms with Crippen LogP contribution >= 0.6 is 15.9 Å². The SMILES string of the molecule is CC1OCCC1(C)Nc1ccc([N+](=O)[O-])cc1Br. The van der Waals surface area contributed by atoms with Crippen LogP contribution in [0.3, 0.4) is 0 Å². The zero-order valence-electron chi connectivity index (χ0n) is 10.3. The van der Waals surface area contributed by atoms with Gasteiger partial charge in [-0.1, -0.05) is 0 Å². The summed E-state index contributed by atoms with van der Waals surface area (Å²) in [5, 5.41) is 14.1. The predicted molar refractivity (Wildman–Crippen MR) is 72.9 cm³/mol. The van der Waals surface area contributed by atoms with E-state index < -0.39 is 4.92 Å². The van der Waals surface area contributed by atoms with Gasteiger partial charge < -0.3 is 10.1 Å². The Morgan fingerprint density at radius 2 is 2.33 bits per heavy atom.